The fourth-order valence-corrected chi connectivity index (χ4v) is 10.6. The number of Topliss-reactive ketones (excluding diaryl/α,β-unsaturated/α-hetero) is 3. The van der Waals surface area contributed by atoms with Gasteiger partial charge in [-0.15, -0.1) is 0 Å². The maximum atomic E-state index is 12.5. The Labute approximate surface area is 547 Å². The smallest absolute Gasteiger partial charge is 0.407 e. The predicted molar refractivity (Wildman–Crippen MR) is 365 cm³/mol. The molecule has 4 aromatic carbocycles. The van der Waals surface area contributed by atoms with E-state index in [1.807, 2.05) is 69.7 Å². The molecule has 508 valence electrons. The summed E-state index contributed by atoms with van der Waals surface area (Å²) in [7, 11) is 5.70. The Morgan fingerprint density at radius 3 is 1.26 bits per heavy atom. The number of aliphatic carboxylic acids is 1. The molecule has 12 N–H and O–H groups in total. The number of carbonyl (C=O) groups excluding carboxylic acids is 7. The number of carboxylic acid groups (broad SMARTS) is 1. The summed E-state index contributed by atoms with van der Waals surface area (Å²) in [5.74, 6) is -2.83. The number of nitrogens with two attached hydrogens (primary N) is 2. The lowest BCUT2D eigenvalue weighted by molar-refractivity contribution is -0.145. The maximum Gasteiger partial charge on any atom is 0.407 e. The van der Waals surface area contributed by atoms with Gasteiger partial charge in [-0.05, 0) is 190 Å². The van der Waals surface area contributed by atoms with Crippen molar-refractivity contribution in [2.24, 2.45) is 29.2 Å². The van der Waals surface area contributed by atoms with E-state index in [1.54, 1.807) is 27.7 Å². The Bertz CT molecular complexity index is 2780. The first-order valence-electron chi connectivity index (χ1n) is 33.1. The number of hydrogen-bond acceptors (Lipinski definition) is 16. The average Bonchev–Trinajstić information content (AvgIpc) is 1.66. The second-order valence-electron chi connectivity index (χ2n) is 24.1. The first-order valence-corrected chi connectivity index (χ1v) is 33.1. The lowest BCUT2D eigenvalue weighted by atomic mass is 9.98. The van der Waals surface area contributed by atoms with E-state index in [4.69, 9.17) is 26.0 Å². The van der Waals surface area contributed by atoms with Gasteiger partial charge < -0.3 is 63.3 Å². The van der Waals surface area contributed by atoms with Gasteiger partial charge in [0.05, 0.1) is 30.0 Å². The maximum absolute atomic E-state index is 12.5. The lowest BCUT2D eigenvalue weighted by Gasteiger charge is -2.19. The van der Waals surface area contributed by atoms with E-state index < -0.39 is 29.9 Å². The molecule has 20 nitrogen and oxygen atoms in total. The first kappa shape index (κ1) is 79.0. The summed E-state index contributed by atoms with van der Waals surface area (Å²) >= 11 is 0. The van der Waals surface area contributed by atoms with Crippen LogP contribution in [0.1, 0.15) is 166 Å². The fraction of sp³-hybridized carbons (Fsp3) is 0.556. The molecule has 1 heterocycles. The highest BCUT2D eigenvalue weighted by Gasteiger charge is 2.31. The van der Waals surface area contributed by atoms with Crippen molar-refractivity contribution >= 4 is 47.2 Å². The van der Waals surface area contributed by atoms with E-state index in [9.17, 15) is 38.4 Å². The van der Waals surface area contributed by atoms with Crippen LogP contribution >= 0.6 is 0 Å². The molecule has 0 spiro atoms. The Kier molecular flexibility index (Phi) is 38.8. The van der Waals surface area contributed by atoms with Crippen molar-refractivity contribution in [3.05, 3.63) is 119 Å². The van der Waals surface area contributed by atoms with E-state index in [2.05, 4.69) is 85.7 Å². The minimum absolute atomic E-state index is 0.00651. The van der Waals surface area contributed by atoms with Gasteiger partial charge in [0.1, 0.15) is 19.0 Å². The molecule has 1 saturated heterocycles. The molecule has 3 unspecified atom stereocenters. The van der Waals surface area contributed by atoms with Crippen molar-refractivity contribution in [2.75, 3.05) is 80.2 Å². The van der Waals surface area contributed by atoms with Gasteiger partial charge in [-0.25, -0.2) is 4.79 Å². The normalized spacial score (nSPS) is 14.5. The van der Waals surface area contributed by atoms with Crippen LogP contribution in [0.3, 0.4) is 0 Å². The SMILES string of the molecule is C1CCNCC1.CC(CCC(=O)OCC1c2ccccc2-c2ccccc21)C(=O)O.CNCCCC[C@@H](N)C(C)=O.CNCCCC[C@@H](NC(=O)C(C)CN)C(C)=O.CNCCCC[C@@H](NC(=O)C(C)CNC(=O)OCC1c2ccccc2-c2ccccc21)C(C)=O. The summed E-state index contributed by atoms with van der Waals surface area (Å²) in [6.07, 6.45) is 12.0. The summed E-state index contributed by atoms with van der Waals surface area (Å²) in [6, 6.07) is 31.5. The zero-order chi connectivity index (χ0) is 67.8. The van der Waals surface area contributed by atoms with E-state index in [1.165, 1.54) is 79.6 Å². The van der Waals surface area contributed by atoms with Crippen LogP contribution in [0.5, 0.6) is 0 Å². The van der Waals surface area contributed by atoms with Gasteiger partial charge >= 0.3 is 18.0 Å². The van der Waals surface area contributed by atoms with Crippen molar-refractivity contribution < 1.29 is 52.9 Å². The molecule has 92 heavy (non-hydrogen) atoms. The van der Waals surface area contributed by atoms with Crippen molar-refractivity contribution in [3.8, 4) is 22.3 Å². The quantitative estimate of drug-likeness (QED) is 0.0158. The standard InChI is InChI=1S/C27H35N3O4.C20H20O4.C12H25N3O2.C8H18N2O.C5H11N/c1-18(26(32)30-25(19(2)31)14-8-9-15-28-3)16-29-27(33)34-17-24-22-12-6-4-10-20(22)21-11-5-7-13-23(21)24;1-13(20(22)23)10-11-19(21)24-12-18-16-8-4-2-6-14(16)15-7-3-5-9-17(15)18;1-9(8-13)12(17)15-11(10(2)16)6-4-5-7-14-3;1-7(11)8(9)5-3-4-6-10-2;1-2-4-6-5-3-1/h4-7,10-13,18,24-25,28H,8-9,14-17H2,1-3H3,(H,29,33)(H,30,32);2-9,13,18H,10-12H2,1H3,(H,22,23);9,11,14H,4-8,13H2,1-3H3,(H,15,17);8,10H,3-6,9H2,1-2H3;6H,1-5H2/t18?,25-;;9?,11-;8-;/m1.11./s1. The van der Waals surface area contributed by atoms with Gasteiger partial charge in [-0.2, -0.15) is 0 Å². The topological polar surface area (TPSA) is 312 Å². The van der Waals surface area contributed by atoms with Crippen LogP contribution in [0.25, 0.3) is 22.3 Å². The third-order valence-electron chi connectivity index (χ3n) is 16.6. The number of alkyl carbamates (subject to hydrolysis) is 1. The van der Waals surface area contributed by atoms with Crippen molar-refractivity contribution in [2.45, 2.75) is 161 Å². The average molecular weight is 1280 g/mol. The van der Waals surface area contributed by atoms with Crippen LogP contribution < -0.4 is 48.7 Å². The number of piperidine rings is 1. The third kappa shape index (κ3) is 28.8. The summed E-state index contributed by atoms with van der Waals surface area (Å²) in [6.45, 7) is 15.9. The molecule has 6 atom stereocenters. The molecule has 2 aliphatic carbocycles. The molecule has 1 aliphatic heterocycles. The van der Waals surface area contributed by atoms with Gasteiger partial charge in [0, 0.05) is 37.3 Å². The first-order chi connectivity index (χ1) is 44.2. The van der Waals surface area contributed by atoms with Crippen LogP contribution in [0.2, 0.25) is 0 Å². The van der Waals surface area contributed by atoms with E-state index >= 15 is 0 Å². The molecule has 4 aromatic rings. The highest BCUT2D eigenvalue weighted by molar-refractivity contribution is 5.89. The summed E-state index contributed by atoms with van der Waals surface area (Å²) in [5, 5.41) is 29.6. The highest BCUT2D eigenvalue weighted by Crippen LogP contribution is 2.45. The number of benzene rings is 4. The molecule has 20 heteroatoms. The minimum atomic E-state index is -0.888. The van der Waals surface area contributed by atoms with E-state index in [0.717, 1.165) is 75.7 Å². The zero-order valence-electron chi connectivity index (χ0n) is 56.3. The van der Waals surface area contributed by atoms with Crippen molar-refractivity contribution in [3.63, 3.8) is 0 Å². The summed E-state index contributed by atoms with van der Waals surface area (Å²) in [5.41, 5.74) is 20.3. The highest BCUT2D eigenvalue weighted by atomic mass is 16.5. The Morgan fingerprint density at radius 1 is 0.522 bits per heavy atom. The van der Waals surface area contributed by atoms with Gasteiger partial charge in [0.2, 0.25) is 11.8 Å². The van der Waals surface area contributed by atoms with E-state index in [-0.39, 0.29) is 91.2 Å². The van der Waals surface area contributed by atoms with E-state index in [0.29, 0.717) is 25.8 Å². The molecular weight excluding hydrogens is 1170 g/mol. The van der Waals surface area contributed by atoms with Crippen molar-refractivity contribution in [1.29, 1.82) is 0 Å². The van der Waals surface area contributed by atoms with Gasteiger partial charge in [0.15, 0.2) is 11.6 Å². The molecular formula is C72H109N9O11. The van der Waals surface area contributed by atoms with Gasteiger partial charge in [-0.3, -0.25) is 33.6 Å². The number of ketones is 3. The molecule has 0 radical (unpaired) electrons. The Morgan fingerprint density at radius 2 is 0.913 bits per heavy atom. The van der Waals surface area contributed by atoms with Crippen LogP contribution in [0.4, 0.5) is 4.79 Å². The van der Waals surface area contributed by atoms with Crippen LogP contribution in [-0.4, -0.2) is 151 Å². The second kappa shape index (κ2) is 45.2. The third-order valence-corrected chi connectivity index (χ3v) is 16.6. The number of unbranched alkanes of at least 4 members (excludes halogenated alkanes) is 3. The van der Waals surface area contributed by atoms with Crippen LogP contribution in [0, 0.1) is 17.8 Å². The monoisotopic (exact) mass is 1280 g/mol. The molecule has 1 fully saturated rings. The lowest BCUT2D eigenvalue weighted by Crippen LogP contribution is -2.45. The zero-order valence-corrected chi connectivity index (χ0v) is 56.3. The summed E-state index contributed by atoms with van der Waals surface area (Å²) < 4.78 is 11.0. The molecule has 3 amide bonds. The fourth-order valence-electron chi connectivity index (χ4n) is 10.6. The van der Waals surface area contributed by atoms with Gasteiger partial charge in [-0.1, -0.05) is 131 Å². The number of carbonyl (C=O) groups is 8. The number of ether oxygens (including phenoxy) is 2. The molecule has 3 aliphatic rings. The molecule has 0 saturated carbocycles. The molecule has 0 aromatic heterocycles. The molecule has 0 bridgehead atoms. The number of esters is 1. The Hall–Kier alpha value is -7.20. The summed E-state index contributed by atoms with van der Waals surface area (Å²) in [4.78, 5) is 93.2. The Balaban J connectivity index is 0.000000331. The number of amides is 3. The molecule has 7 rings (SSSR count). The predicted octanol–water partition coefficient (Wildman–Crippen LogP) is 8.56. The minimum Gasteiger partial charge on any atom is -0.481 e. The van der Waals surface area contributed by atoms with Crippen LogP contribution in [-0.2, 0) is 43.0 Å². The number of rotatable bonds is 33. The largest absolute Gasteiger partial charge is 0.481 e. The number of carboxylic acids is 1. The van der Waals surface area contributed by atoms with Gasteiger partial charge in [0.25, 0.3) is 0 Å². The number of hydrogen-bond donors (Lipinski definition) is 10. The second-order valence-corrected chi connectivity index (χ2v) is 24.1. The number of nitrogens with one attached hydrogen (secondary N) is 7. The van der Waals surface area contributed by atoms with Crippen LogP contribution in [0.15, 0.2) is 97.1 Å². The van der Waals surface area contributed by atoms with Crippen molar-refractivity contribution in [1.82, 2.24) is 37.2 Å². The number of fused-ring (bicyclic) bond motifs is 6.